The molecule has 1 atom stereocenters. The van der Waals surface area contributed by atoms with Crippen LogP contribution in [-0.4, -0.2) is 4.57 Å². The second-order valence-electron chi connectivity index (χ2n) is 15.0. The van der Waals surface area contributed by atoms with E-state index in [-0.39, 0.29) is 0 Å². The number of hydrogen-bond acceptors (Lipinski definition) is 3. The Morgan fingerprint density at radius 3 is 2.07 bits per heavy atom. The van der Waals surface area contributed by atoms with Crippen molar-refractivity contribution in [2.45, 2.75) is 18.0 Å². The summed E-state index contributed by atoms with van der Waals surface area (Å²) in [7, 11) is 0. The maximum absolute atomic E-state index is 9.52. The van der Waals surface area contributed by atoms with E-state index in [2.05, 4.69) is 180 Å². The van der Waals surface area contributed by atoms with Gasteiger partial charge in [0.1, 0.15) is 0 Å². The summed E-state index contributed by atoms with van der Waals surface area (Å²) in [6, 6.07) is 73.0. The minimum absolute atomic E-state index is 0.402. The molecule has 0 radical (unpaired) electrons. The summed E-state index contributed by atoms with van der Waals surface area (Å²) in [5, 5.41) is 15.7. The smallest absolute Gasteiger partial charge is 0.0991 e. The van der Waals surface area contributed by atoms with E-state index in [9.17, 15) is 5.26 Å². The topological polar surface area (TPSA) is 66.8 Å². The molecule has 0 saturated carbocycles. The van der Waals surface area contributed by atoms with E-state index in [1.807, 2.05) is 36.4 Å². The van der Waals surface area contributed by atoms with Crippen LogP contribution in [0.1, 0.15) is 50.5 Å². The van der Waals surface area contributed by atoms with Crippen molar-refractivity contribution in [2.75, 3.05) is 0 Å². The molecule has 276 valence electrons. The number of nitrogens with two attached hydrogens (primary N) is 1. The highest BCUT2D eigenvalue weighted by molar-refractivity contribution is 6.13. The van der Waals surface area contributed by atoms with Crippen LogP contribution in [0.5, 0.6) is 0 Å². The molecule has 1 unspecified atom stereocenters. The fraction of sp³-hybridized carbons (Fsp3) is 0.0556. The fourth-order valence-electron chi connectivity index (χ4n) is 9.22. The number of nitriles is 1. The number of hydrogen-bond donors (Lipinski definition) is 2. The normalized spacial score (nSPS) is 13.5. The van der Waals surface area contributed by atoms with Gasteiger partial charge >= 0.3 is 0 Å². The number of para-hydroxylation sites is 1. The summed E-state index contributed by atoms with van der Waals surface area (Å²) in [6.45, 7) is 0.582. The van der Waals surface area contributed by atoms with E-state index in [1.165, 1.54) is 49.7 Å². The van der Waals surface area contributed by atoms with Crippen LogP contribution in [0.15, 0.2) is 206 Å². The average Bonchev–Trinajstić information content (AvgIpc) is 3.80. The third-order valence-electron chi connectivity index (χ3n) is 11.7. The first-order chi connectivity index (χ1) is 28.6. The van der Waals surface area contributed by atoms with Crippen LogP contribution >= 0.6 is 0 Å². The molecular formula is C54H40N4. The van der Waals surface area contributed by atoms with Crippen LogP contribution in [0, 0.1) is 11.3 Å². The Bertz CT molecular complexity index is 2990. The minimum atomic E-state index is -0.555. The molecule has 0 aliphatic heterocycles. The van der Waals surface area contributed by atoms with Crippen molar-refractivity contribution < 1.29 is 0 Å². The van der Waals surface area contributed by atoms with Crippen LogP contribution in [0.4, 0.5) is 0 Å². The highest BCUT2D eigenvalue weighted by Gasteiger charge is 2.48. The lowest BCUT2D eigenvalue weighted by atomic mass is 9.67. The van der Waals surface area contributed by atoms with Gasteiger partial charge in [-0.2, -0.15) is 5.26 Å². The standard InChI is InChI=1S/C54H40N4/c55-35-37-16-14-20-40(32-37)49(56)34-50(39-18-4-1-5-19-39)57-36-38-17-15-25-43(33-38)58-51-29-13-11-27-45(51)47-31-30-46-44-26-10-12-28-48(44)54(52(46)53(47)58,41-21-6-2-7-22-41)42-23-8-3-9-24-42/h1-34,49,57H,36,56H2/b50-34-. The zero-order chi connectivity index (χ0) is 39.1. The predicted octanol–water partition coefficient (Wildman–Crippen LogP) is 11.8. The van der Waals surface area contributed by atoms with E-state index in [0.717, 1.165) is 33.6 Å². The van der Waals surface area contributed by atoms with Gasteiger partial charge in [-0.05, 0) is 80.9 Å². The zero-order valence-electron chi connectivity index (χ0n) is 31.9. The number of rotatable bonds is 9. The Kier molecular flexibility index (Phi) is 8.79. The molecule has 4 nitrogen and oxygen atoms in total. The van der Waals surface area contributed by atoms with Crippen molar-refractivity contribution in [3.05, 3.63) is 251 Å². The van der Waals surface area contributed by atoms with Gasteiger partial charge in [-0.3, -0.25) is 0 Å². The Balaban J connectivity index is 1.15. The summed E-state index contributed by atoms with van der Waals surface area (Å²) >= 11 is 0. The molecule has 4 heteroatoms. The van der Waals surface area contributed by atoms with E-state index < -0.39 is 11.5 Å². The summed E-state index contributed by atoms with van der Waals surface area (Å²) < 4.78 is 2.49. The molecule has 0 amide bonds. The summed E-state index contributed by atoms with van der Waals surface area (Å²) in [4.78, 5) is 0. The summed E-state index contributed by atoms with van der Waals surface area (Å²) in [5.74, 6) is 0. The van der Waals surface area contributed by atoms with Crippen molar-refractivity contribution in [1.29, 1.82) is 5.26 Å². The fourth-order valence-corrected chi connectivity index (χ4v) is 9.22. The number of aromatic nitrogens is 1. The Hall–Kier alpha value is -7.45. The molecule has 1 aliphatic carbocycles. The van der Waals surface area contributed by atoms with Gasteiger partial charge in [0, 0.05) is 34.3 Å². The molecule has 1 aromatic heterocycles. The predicted molar refractivity (Wildman–Crippen MR) is 237 cm³/mol. The van der Waals surface area contributed by atoms with Gasteiger partial charge in [-0.1, -0.05) is 170 Å². The molecule has 10 rings (SSSR count). The van der Waals surface area contributed by atoms with Crippen molar-refractivity contribution in [2.24, 2.45) is 5.73 Å². The number of benzene rings is 8. The largest absolute Gasteiger partial charge is 0.381 e. The molecule has 9 aromatic rings. The first kappa shape index (κ1) is 35.0. The molecule has 1 aliphatic rings. The van der Waals surface area contributed by atoms with Gasteiger partial charge in [0.05, 0.1) is 34.1 Å². The maximum Gasteiger partial charge on any atom is 0.0991 e. The molecule has 0 fully saturated rings. The van der Waals surface area contributed by atoms with Crippen LogP contribution in [-0.2, 0) is 12.0 Å². The van der Waals surface area contributed by atoms with Crippen molar-refractivity contribution >= 4 is 27.5 Å². The van der Waals surface area contributed by atoms with Gasteiger partial charge in [0.2, 0.25) is 0 Å². The first-order valence-electron chi connectivity index (χ1n) is 19.8. The second-order valence-corrected chi connectivity index (χ2v) is 15.0. The monoisotopic (exact) mass is 744 g/mol. The van der Waals surface area contributed by atoms with Crippen LogP contribution < -0.4 is 11.1 Å². The maximum atomic E-state index is 9.52. The highest BCUT2D eigenvalue weighted by atomic mass is 15.0. The average molecular weight is 745 g/mol. The Morgan fingerprint density at radius 2 is 1.31 bits per heavy atom. The molecule has 0 saturated heterocycles. The molecule has 0 bridgehead atoms. The quantitative estimate of drug-likeness (QED) is 0.155. The molecular weight excluding hydrogens is 705 g/mol. The number of nitrogens with one attached hydrogen (secondary N) is 1. The zero-order valence-corrected chi connectivity index (χ0v) is 31.9. The Morgan fingerprint density at radius 1 is 0.638 bits per heavy atom. The first-order valence-corrected chi connectivity index (χ1v) is 19.8. The van der Waals surface area contributed by atoms with E-state index in [4.69, 9.17) is 5.73 Å². The summed E-state index contributed by atoms with van der Waals surface area (Å²) in [6.07, 6.45) is 2.05. The molecule has 0 spiro atoms. The van der Waals surface area contributed by atoms with Crippen molar-refractivity contribution in [3.8, 4) is 22.9 Å². The van der Waals surface area contributed by atoms with E-state index >= 15 is 0 Å². The number of nitrogens with zero attached hydrogens (tertiary/aromatic N) is 2. The molecule has 3 N–H and O–H groups in total. The lowest BCUT2D eigenvalue weighted by Gasteiger charge is -2.34. The SMILES string of the molecule is N#Cc1cccc(C(N)/C=C(\NCc2cccc(-n3c4ccccc4c4ccc5c(c43)C(c3ccccc3)(c3ccccc3)c3ccccc3-5)c2)c2ccccc2)c1. The van der Waals surface area contributed by atoms with E-state index in [0.29, 0.717) is 12.1 Å². The summed E-state index contributed by atoms with van der Waals surface area (Å²) in [5.41, 5.74) is 21.9. The van der Waals surface area contributed by atoms with Gasteiger partial charge < -0.3 is 15.6 Å². The van der Waals surface area contributed by atoms with Gasteiger partial charge in [-0.15, -0.1) is 0 Å². The van der Waals surface area contributed by atoms with Gasteiger partial charge in [0.25, 0.3) is 0 Å². The highest BCUT2D eigenvalue weighted by Crippen LogP contribution is 2.59. The lowest BCUT2D eigenvalue weighted by Crippen LogP contribution is -2.29. The third kappa shape index (κ3) is 5.72. The van der Waals surface area contributed by atoms with Crippen molar-refractivity contribution in [1.82, 2.24) is 9.88 Å². The van der Waals surface area contributed by atoms with Crippen LogP contribution in [0.2, 0.25) is 0 Å². The Labute approximate surface area is 338 Å². The lowest BCUT2D eigenvalue weighted by molar-refractivity contribution is 0.771. The number of fused-ring (bicyclic) bond motifs is 7. The minimum Gasteiger partial charge on any atom is -0.381 e. The van der Waals surface area contributed by atoms with Gasteiger partial charge in [0.15, 0.2) is 0 Å². The second kappa shape index (κ2) is 14.6. The van der Waals surface area contributed by atoms with Crippen LogP contribution in [0.25, 0.3) is 44.3 Å². The van der Waals surface area contributed by atoms with Crippen LogP contribution in [0.3, 0.4) is 0 Å². The van der Waals surface area contributed by atoms with Crippen molar-refractivity contribution in [3.63, 3.8) is 0 Å². The third-order valence-corrected chi connectivity index (χ3v) is 11.7. The molecule has 8 aromatic carbocycles. The molecule has 1 heterocycles. The molecule has 58 heavy (non-hydrogen) atoms. The van der Waals surface area contributed by atoms with E-state index in [1.54, 1.807) is 6.07 Å². The van der Waals surface area contributed by atoms with Gasteiger partial charge in [-0.25, -0.2) is 0 Å².